The van der Waals surface area contributed by atoms with Gasteiger partial charge in [0.05, 0.1) is 25.0 Å². The van der Waals surface area contributed by atoms with Crippen LogP contribution < -0.4 is 10.1 Å². The van der Waals surface area contributed by atoms with E-state index in [0.29, 0.717) is 23.5 Å². The number of carbonyl (C=O) groups excluding carboxylic acids is 2. The third-order valence-electron chi connectivity index (χ3n) is 7.44. The van der Waals surface area contributed by atoms with Crippen molar-refractivity contribution in [1.82, 2.24) is 10.2 Å². The number of aliphatic carboxylic acids is 1. The van der Waals surface area contributed by atoms with Gasteiger partial charge >= 0.3 is 5.97 Å². The molecule has 38 heavy (non-hydrogen) atoms. The van der Waals surface area contributed by atoms with E-state index in [0.717, 1.165) is 12.0 Å². The molecule has 0 spiro atoms. The number of hydrogen-bond donors (Lipinski definition) is 3. The van der Waals surface area contributed by atoms with Crippen molar-refractivity contribution >= 4 is 17.8 Å². The number of carboxylic acids is 1. The first-order chi connectivity index (χ1) is 18.3. The Kier molecular flexibility index (Phi) is 6.91. The Labute approximate surface area is 220 Å². The van der Waals surface area contributed by atoms with E-state index in [2.05, 4.69) is 5.32 Å². The predicted octanol–water partition coefficient (Wildman–Crippen LogP) is 3.69. The molecule has 0 aliphatic carbocycles. The van der Waals surface area contributed by atoms with E-state index >= 15 is 0 Å². The summed E-state index contributed by atoms with van der Waals surface area (Å²) in [5.74, 6) is -3.34. The van der Waals surface area contributed by atoms with Gasteiger partial charge in [0, 0.05) is 12.5 Å². The number of nitrogens with zero attached hydrogens (tertiary/aromatic N) is 1. The third-order valence-corrected chi connectivity index (χ3v) is 7.44. The first-order valence-electron chi connectivity index (χ1n) is 12.7. The summed E-state index contributed by atoms with van der Waals surface area (Å²) in [5, 5.41) is 23.5. The van der Waals surface area contributed by atoms with E-state index in [1.54, 1.807) is 24.3 Å². The van der Waals surface area contributed by atoms with Crippen molar-refractivity contribution in [2.24, 2.45) is 11.8 Å². The number of phenolic OH excluding ortho intramolecular Hbond substituents is 1. The molecule has 0 bridgehead atoms. The lowest BCUT2D eigenvalue weighted by molar-refractivity contribution is -0.151. The highest BCUT2D eigenvalue weighted by atomic mass is 16.5. The fourth-order valence-corrected chi connectivity index (χ4v) is 5.63. The summed E-state index contributed by atoms with van der Waals surface area (Å²) < 4.78 is 5.68. The molecule has 2 amide bonds. The predicted molar refractivity (Wildman–Crippen MR) is 139 cm³/mol. The van der Waals surface area contributed by atoms with Crippen LogP contribution in [0.15, 0.2) is 78.9 Å². The second-order valence-electron chi connectivity index (χ2n) is 9.91. The van der Waals surface area contributed by atoms with Gasteiger partial charge in [-0.2, -0.15) is 0 Å². The molecule has 4 unspecified atom stereocenters. The summed E-state index contributed by atoms with van der Waals surface area (Å²) in [5.41, 5.74) is 0.403. The van der Waals surface area contributed by atoms with Gasteiger partial charge < -0.3 is 14.9 Å². The summed E-state index contributed by atoms with van der Waals surface area (Å²) in [7, 11) is 0. The molecular weight excluding hydrogens is 484 g/mol. The Morgan fingerprint density at radius 2 is 1.63 bits per heavy atom. The molecule has 8 nitrogen and oxygen atoms in total. The summed E-state index contributed by atoms with van der Waals surface area (Å²) >= 11 is 0. The van der Waals surface area contributed by atoms with Crippen LogP contribution >= 0.6 is 0 Å². The first-order valence-corrected chi connectivity index (χ1v) is 12.7. The van der Waals surface area contributed by atoms with E-state index in [1.165, 1.54) is 17.0 Å². The number of phenols is 1. The van der Waals surface area contributed by atoms with Crippen molar-refractivity contribution in [3.63, 3.8) is 0 Å². The van der Waals surface area contributed by atoms with Gasteiger partial charge in [-0.25, -0.2) is 0 Å². The fourth-order valence-electron chi connectivity index (χ4n) is 5.63. The average molecular weight is 515 g/mol. The molecule has 2 heterocycles. The van der Waals surface area contributed by atoms with Crippen LogP contribution in [0.4, 0.5) is 0 Å². The third kappa shape index (κ3) is 4.52. The molecule has 3 N–H and O–H groups in total. The SMILES string of the molecule is CCCOc1ccc(C2NC(Cc3ccc(O)cc3)(C(=O)O)C3C(=O)N(Cc4ccccc4)C(=O)C23)cc1. The van der Waals surface area contributed by atoms with Crippen LogP contribution in [0.5, 0.6) is 11.5 Å². The molecule has 3 aromatic rings. The minimum absolute atomic E-state index is 0.0316. The lowest BCUT2D eigenvalue weighted by atomic mass is 9.76. The normalized spacial score (nSPS) is 24.4. The van der Waals surface area contributed by atoms with Gasteiger partial charge in [0.25, 0.3) is 0 Å². The minimum atomic E-state index is -1.72. The van der Waals surface area contributed by atoms with Crippen molar-refractivity contribution < 1.29 is 29.3 Å². The Morgan fingerprint density at radius 3 is 2.26 bits per heavy atom. The number of imide groups is 1. The van der Waals surface area contributed by atoms with Gasteiger partial charge in [-0.15, -0.1) is 0 Å². The highest BCUT2D eigenvalue weighted by Crippen LogP contribution is 2.50. The smallest absolute Gasteiger partial charge is 0.325 e. The topological polar surface area (TPSA) is 116 Å². The van der Waals surface area contributed by atoms with Crippen LogP contribution in [-0.2, 0) is 27.3 Å². The van der Waals surface area contributed by atoms with E-state index in [9.17, 15) is 24.6 Å². The summed E-state index contributed by atoms with van der Waals surface area (Å²) in [6, 6.07) is 21.9. The van der Waals surface area contributed by atoms with Gasteiger partial charge in [0.15, 0.2) is 0 Å². The zero-order valence-corrected chi connectivity index (χ0v) is 21.0. The maximum atomic E-state index is 13.9. The van der Waals surface area contributed by atoms with E-state index in [-0.39, 0.29) is 24.6 Å². The standard InChI is InChI=1S/C30H30N2O6/c1-2-16-38-23-14-10-21(11-15-23)26-24-25(28(35)32(27(24)34)18-20-6-4-3-5-7-20)30(31-26,29(36)37)17-19-8-12-22(33)13-9-19/h3-15,24-26,31,33H,2,16-18H2,1H3,(H,36,37). The van der Waals surface area contributed by atoms with Crippen LogP contribution in [0.3, 0.4) is 0 Å². The molecule has 2 fully saturated rings. The van der Waals surface area contributed by atoms with Gasteiger partial charge in [0.2, 0.25) is 11.8 Å². The second kappa shape index (κ2) is 10.3. The molecule has 3 aromatic carbocycles. The second-order valence-corrected chi connectivity index (χ2v) is 9.91. The van der Waals surface area contributed by atoms with Crippen molar-refractivity contribution in [3.05, 3.63) is 95.6 Å². The Bertz CT molecular complexity index is 1330. The number of fused-ring (bicyclic) bond motifs is 1. The van der Waals surface area contributed by atoms with Crippen molar-refractivity contribution in [1.29, 1.82) is 0 Å². The van der Waals surface area contributed by atoms with E-state index in [4.69, 9.17) is 4.74 Å². The van der Waals surface area contributed by atoms with Crippen LogP contribution in [-0.4, -0.2) is 45.0 Å². The molecule has 2 saturated heterocycles. The zero-order valence-electron chi connectivity index (χ0n) is 21.0. The van der Waals surface area contributed by atoms with Gasteiger partial charge in [0.1, 0.15) is 17.0 Å². The monoisotopic (exact) mass is 514 g/mol. The molecule has 196 valence electrons. The quantitative estimate of drug-likeness (QED) is 0.373. The Morgan fingerprint density at radius 1 is 0.947 bits per heavy atom. The molecule has 4 atom stereocenters. The molecule has 0 saturated carbocycles. The molecule has 0 aromatic heterocycles. The fraction of sp³-hybridized carbons (Fsp3) is 0.300. The van der Waals surface area contributed by atoms with Crippen molar-refractivity contribution in [3.8, 4) is 11.5 Å². The Hall–Kier alpha value is -4.17. The molecule has 8 heteroatoms. The number of nitrogens with one attached hydrogen (secondary N) is 1. The van der Waals surface area contributed by atoms with E-state index < -0.39 is 35.3 Å². The number of ether oxygens (including phenoxy) is 1. The van der Waals surface area contributed by atoms with Crippen LogP contribution in [0.2, 0.25) is 0 Å². The zero-order chi connectivity index (χ0) is 26.9. The van der Waals surface area contributed by atoms with Crippen molar-refractivity contribution in [2.45, 2.75) is 37.9 Å². The summed E-state index contributed by atoms with van der Waals surface area (Å²) in [4.78, 5) is 41.9. The van der Waals surface area contributed by atoms with Crippen molar-refractivity contribution in [2.75, 3.05) is 6.61 Å². The first kappa shape index (κ1) is 25.5. The number of carbonyl (C=O) groups is 3. The average Bonchev–Trinajstić information content (AvgIpc) is 3.39. The number of likely N-dealkylation sites (tertiary alicyclic amines) is 1. The largest absolute Gasteiger partial charge is 0.508 e. The minimum Gasteiger partial charge on any atom is -0.508 e. The van der Waals surface area contributed by atoms with Crippen LogP contribution in [0.1, 0.15) is 36.1 Å². The maximum absolute atomic E-state index is 13.9. The number of rotatable bonds is 9. The lowest BCUT2D eigenvalue weighted by Gasteiger charge is -2.31. The van der Waals surface area contributed by atoms with Gasteiger partial charge in [-0.05, 0) is 47.4 Å². The highest BCUT2D eigenvalue weighted by molar-refractivity contribution is 6.09. The summed E-state index contributed by atoms with van der Waals surface area (Å²) in [6.45, 7) is 2.67. The van der Waals surface area contributed by atoms with E-state index in [1.807, 2.05) is 49.4 Å². The molecular formula is C30H30N2O6. The Balaban J connectivity index is 1.55. The number of benzene rings is 3. The number of hydrogen-bond acceptors (Lipinski definition) is 6. The highest BCUT2D eigenvalue weighted by Gasteiger charge is 2.68. The van der Waals surface area contributed by atoms with Crippen LogP contribution in [0, 0.1) is 11.8 Å². The maximum Gasteiger partial charge on any atom is 0.325 e. The number of amides is 2. The molecule has 0 radical (unpaired) electrons. The van der Waals surface area contributed by atoms with Gasteiger partial charge in [-0.3, -0.25) is 24.6 Å². The molecule has 2 aliphatic heterocycles. The lowest BCUT2D eigenvalue weighted by Crippen LogP contribution is -2.57. The molecule has 2 aliphatic rings. The summed E-state index contributed by atoms with van der Waals surface area (Å²) in [6.07, 6.45) is 0.831. The number of carboxylic acid groups (broad SMARTS) is 1. The number of aromatic hydroxyl groups is 1. The molecule has 5 rings (SSSR count). The van der Waals surface area contributed by atoms with Gasteiger partial charge in [-0.1, -0.05) is 61.5 Å². The van der Waals surface area contributed by atoms with Crippen LogP contribution in [0.25, 0.3) is 0 Å².